The molecule has 0 aliphatic rings. The van der Waals surface area contributed by atoms with Gasteiger partial charge in [-0.15, -0.1) is 0 Å². The summed E-state index contributed by atoms with van der Waals surface area (Å²) in [4.78, 5) is 9.50. The first-order valence-electron chi connectivity index (χ1n) is 7.77. The van der Waals surface area contributed by atoms with Crippen molar-refractivity contribution in [2.75, 3.05) is 6.61 Å². The minimum Gasteiger partial charge on any atom is -0.491 e. The fraction of sp³-hybridized carbons (Fsp3) is 0.333. The van der Waals surface area contributed by atoms with E-state index in [1.54, 1.807) is 0 Å². The third-order valence-corrected chi connectivity index (χ3v) is 4.30. The van der Waals surface area contributed by atoms with E-state index in [0.29, 0.717) is 12.6 Å². The van der Waals surface area contributed by atoms with Gasteiger partial charge in [-0.05, 0) is 51.5 Å². The number of nitrogens with zero attached hydrogens (tertiary/aromatic N) is 3. The van der Waals surface area contributed by atoms with Crippen molar-refractivity contribution in [3.8, 4) is 11.7 Å². The fourth-order valence-electron chi connectivity index (χ4n) is 2.71. The van der Waals surface area contributed by atoms with Crippen LogP contribution in [-0.4, -0.2) is 21.1 Å². The number of aryl methyl sites for hydroxylation is 3. The Morgan fingerprint density at radius 3 is 2.43 bits per heavy atom. The van der Waals surface area contributed by atoms with Gasteiger partial charge in [0.15, 0.2) is 0 Å². The highest BCUT2D eigenvalue weighted by Gasteiger charge is 2.14. The van der Waals surface area contributed by atoms with Gasteiger partial charge in [0.05, 0.1) is 12.3 Å². The van der Waals surface area contributed by atoms with Crippen LogP contribution < -0.4 is 4.74 Å². The van der Waals surface area contributed by atoms with Gasteiger partial charge in [0, 0.05) is 21.2 Å². The van der Waals surface area contributed by atoms with Crippen molar-refractivity contribution in [1.29, 1.82) is 0 Å². The van der Waals surface area contributed by atoms with E-state index in [0.717, 1.165) is 44.6 Å². The minimum atomic E-state index is 0.672. The first-order valence-corrected chi connectivity index (χ1v) is 8.56. The zero-order valence-corrected chi connectivity index (χ0v) is 15.4. The van der Waals surface area contributed by atoms with Crippen LogP contribution in [0.2, 0.25) is 0 Å². The van der Waals surface area contributed by atoms with Crippen molar-refractivity contribution >= 4 is 26.8 Å². The standard InChI is InChI=1S/C18H20BrN3O/c1-5-8-23-16-10-14(19)9-15-13(4)20-18(21-17(15)16)22-11(2)6-7-12(22)3/h6-7,9-10H,5,8H2,1-4H3. The highest BCUT2D eigenvalue weighted by Crippen LogP contribution is 2.31. The Labute approximate surface area is 144 Å². The number of ether oxygens (including phenoxy) is 1. The van der Waals surface area contributed by atoms with Gasteiger partial charge in [-0.1, -0.05) is 22.9 Å². The summed E-state index contributed by atoms with van der Waals surface area (Å²) in [5.41, 5.74) is 4.04. The van der Waals surface area contributed by atoms with Gasteiger partial charge < -0.3 is 4.74 Å². The lowest BCUT2D eigenvalue weighted by atomic mass is 10.2. The summed E-state index contributed by atoms with van der Waals surface area (Å²) in [5, 5.41) is 1.01. The minimum absolute atomic E-state index is 0.672. The van der Waals surface area contributed by atoms with Crippen LogP contribution >= 0.6 is 15.9 Å². The summed E-state index contributed by atoms with van der Waals surface area (Å²) in [7, 11) is 0. The molecule has 0 amide bonds. The van der Waals surface area contributed by atoms with Gasteiger partial charge in [-0.25, -0.2) is 9.97 Å². The van der Waals surface area contributed by atoms with Crippen molar-refractivity contribution in [2.24, 2.45) is 0 Å². The lowest BCUT2D eigenvalue weighted by Crippen LogP contribution is -2.07. The highest BCUT2D eigenvalue weighted by atomic mass is 79.9. The molecule has 23 heavy (non-hydrogen) atoms. The molecule has 2 heterocycles. The predicted molar refractivity (Wildman–Crippen MR) is 96.6 cm³/mol. The molecule has 1 aromatic carbocycles. The van der Waals surface area contributed by atoms with Crippen molar-refractivity contribution < 1.29 is 4.74 Å². The summed E-state index contributed by atoms with van der Waals surface area (Å²) < 4.78 is 8.95. The summed E-state index contributed by atoms with van der Waals surface area (Å²) in [6, 6.07) is 8.18. The maximum atomic E-state index is 5.91. The summed E-state index contributed by atoms with van der Waals surface area (Å²) in [5.74, 6) is 1.49. The second kappa shape index (κ2) is 6.32. The summed E-state index contributed by atoms with van der Waals surface area (Å²) >= 11 is 3.55. The Kier molecular flexibility index (Phi) is 4.39. The smallest absolute Gasteiger partial charge is 0.235 e. The highest BCUT2D eigenvalue weighted by molar-refractivity contribution is 9.10. The number of fused-ring (bicyclic) bond motifs is 1. The maximum absolute atomic E-state index is 5.91. The Bertz CT molecular complexity index is 851. The summed E-state index contributed by atoms with van der Waals surface area (Å²) in [6.07, 6.45) is 0.959. The SMILES string of the molecule is CCCOc1cc(Br)cc2c(C)nc(-n3c(C)ccc3C)nc12. The predicted octanol–water partition coefficient (Wildman–Crippen LogP) is 4.90. The number of aromatic nitrogens is 3. The first kappa shape index (κ1) is 16.0. The number of hydrogen-bond acceptors (Lipinski definition) is 3. The molecule has 120 valence electrons. The van der Waals surface area contributed by atoms with E-state index in [9.17, 15) is 0 Å². The number of benzene rings is 1. The second-order valence-corrected chi connectivity index (χ2v) is 6.62. The van der Waals surface area contributed by atoms with Gasteiger partial charge >= 0.3 is 0 Å². The molecule has 0 radical (unpaired) electrons. The molecule has 3 aromatic rings. The van der Waals surface area contributed by atoms with Crippen molar-refractivity contribution in [3.63, 3.8) is 0 Å². The van der Waals surface area contributed by atoms with Gasteiger partial charge in [-0.2, -0.15) is 0 Å². The van der Waals surface area contributed by atoms with E-state index in [1.165, 1.54) is 0 Å². The van der Waals surface area contributed by atoms with Crippen LogP contribution in [0, 0.1) is 20.8 Å². The molecule has 0 spiro atoms. The largest absolute Gasteiger partial charge is 0.491 e. The monoisotopic (exact) mass is 373 g/mol. The van der Waals surface area contributed by atoms with Crippen molar-refractivity contribution in [3.05, 3.63) is 45.8 Å². The molecule has 2 aromatic heterocycles. The Morgan fingerprint density at radius 2 is 1.78 bits per heavy atom. The molecule has 0 aliphatic heterocycles. The average molecular weight is 374 g/mol. The van der Waals surface area contributed by atoms with E-state index >= 15 is 0 Å². The first-order chi connectivity index (χ1) is 11.0. The molecule has 3 rings (SSSR count). The Balaban J connectivity index is 2.25. The maximum Gasteiger partial charge on any atom is 0.235 e. The van der Waals surface area contributed by atoms with Crippen LogP contribution in [0.4, 0.5) is 0 Å². The van der Waals surface area contributed by atoms with Crippen LogP contribution in [-0.2, 0) is 0 Å². The quantitative estimate of drug-likeness (QED) is 0.652. The van der Waals surface area contributed by atoms with Crippen LogP contribution in [0.3, 0.4) is 0 Å². The van der Waals surface area contributed by atoms with Gasteiger partial charge in [0.2, 0.25) is 5.95 Å². The van der Waals surface area contributed by atoms with E-state index in [1.807, 2.05) is 19.1 Å². The zero-order valence-electron chi connectivity index (χ0n) is 13.9. The number of rotatable bonds is 4. The number of halogens is 1. The average Bonchev–Trinajstić information content (AvgIpc) is 2.84. The van der Waals surface area contributed by atoms with Crippen LogP contribution in [0.15, 0.2) is 28.7 Å². The van der Waals surface area contributed by atoms with E-state index in [-0.39, 0.29) is 0 Å². The van der Waals surface area contributed by atoms with E-state index < -0.39 is 0 Å². The third kappa shape index (κ3) is 2.98. The zero-order chi connectivity index (χ0) is 16.6. The summed E-state index contributed by atoms with van der Waals surface area (Å²) in [6.45, 7) is 8.90. The molecule has 0 atom stereocenters. The molecule has 5 heteroatoms. The molecule has 0 fully saturated rings. The topological polar surface area (TPSA) is 39.9 Å². The van der Waals surface area contributed by atoms with Gasteiger partial charge in [0.25, 0.3) is 0 Å². The molecule has 0 aliphatic carbocycles. The molecular formula is C18H20BrN3O. The van der Waals surface area contributed by atoms with Crippen LogP contribution in [0.1, 0.15) is 30.4 Å². The van der Waals surface area contributed by atoms with Crippen LogP contribution in [0.25, 0.3) is 16.9 Å². The Hall–Kier alpha value is -1.88. The molecule has 0 N–H and O–H groups in total. The molecular weight excluding hydrogens is 354 g/mol. The van der Waals surface area contributed by atoms with E-state index in [4.69, 9.17) is 14.7 Å². The van der Waals surface area contributed by atoms with Gasteiger partial charge in [0.1, 0.15) is 11.3 Å². The van der Waals surface area contributed by atoms with Crippen molar-refractivity contribution in [1.82, 2.24) is 14.5 Å². The molecule has 0 bridgehead atoms. The Morgan fingerprint density at radius 1 is 1.09 bits per heavy atom. The van der Waals surface area contributed by atoms with E-state index in [2.05, 4.69) is 53.4 Å². The second-order valence-electron chi connectivity index (χ2n) is 5.71. The van der Waals surface area contributed by atoms with Crippen molar-refractivity contribution in [2.45, 2.75) is 34.1 Å². The number of hydrogen-bond donors (Lipinski definition) is 0. The molecule has 0 saturated heterocycles. The normalized spacial score (nSPS) is 11.2. The fourth-order valence-corrected chi connectivity index (χ4v) is 3.14. The molecule has 4 nitrogen and oxygen atoms in total. The van der Waals surface area contributed by atoms with Gasteiger partial charge in [-0.3, -0.25) is 4.57 Å². The lowest BCUT2D eigenvalue weighted by molar-refractivity contribution is 0.320. The van der Waals surface area contributed by atoms with Crippen LogP contribution in [0.5, 0.6) is 5.75 Å². The molecule has 0 saturated carbocycles. The molecule has 0 unspecified atom stereocenters. The third-order valence-electron chi connectivity index (χ3n) is 3.84. The lowest BCUT2D eigenvalue weighted by Gasteiger charge is -2.13.